The topological polar surface area (TPSA) is 118 Å². The van der Waals surface area contributed by atoms with Gasteiger partial charge in [0.05, 0.1) is 6.61 Å². The largest absolute Gasteiger partial charge is 0.395 e. The van der Waals surface area contributed by atoms with Gasteiger partial charge in [-0.15, -0.1) is 0 Å². The highest BCUT2D eigenvalue weighted by atomic mass is 16.3. The van der Waals surface area contributed by atoms with Crippen LogP contribution >= 0.6 is 0 Å². The van der Waals surface area contributed by atoms with Gasteiger partial charge in [0.25, 0.3) is 0 Å². The molecule has 0 bridgehead atoms. The number of aliphatic hydroxyl groups is 1. The lowest BCUT2D eigenvalue weighted by Gasteiger charge is -2.21. The van der Waals surface area contributed by atoms with Crippen molar-refractivity contribution in [2.75, 3.05) is 30.0 Å². The second-order valence-electron chi connectivity index (χ2n) is 4.08. The molecule has 20 heavy (non-hydrogen) atoms. The molecule has 2 aromatic rings. The van der Waals surface area contributed by atoms with Crippen LogP contribution in [0.25, 0.3) is 5.95 Å². The molecule has 2 rings (SSSR count). The standard InChI is InChI=1S/C11H18N8O/c1-2-4-18(6-7-20)10-14-9(17-12)15-11(16-10)19-5-3-13-8-19/h3,5,8,20H,2,4,6-7,12H2,1H3,(H,14,15,16,17). The van der Waals surface area contributed by atoms with E-state index in [0.29, 0.717) is 18.4 Å². The number of nitrogens with two attached hydrogens (primary N) is 1. The monoisotopic (exact) mass is 278 g/mol. The molecule has 0 aliphatic heterocycles. The van der Waals surface area contributed by atoms with E-state index in [0.717, 1.165) is 13.0 Å². The fourth-order valence-corrected chi connectivity index (χ4v) is 1.76. The molecular formula is C11H18N8O. The van der Waals surface area contributed by atoms with Crippen molar-refractivity contribution < 1.29 is 5.11 Å². The molecule has 0 aliphatic carbocycles. The maximum absolute atomic E-state index is 9.14. The van der Waals surface area contributed by atoms with Crippen LogP contribution in [0.2, 0.25) is 0 Å². The van der Waals surface area contributed by atoms with Gasteiger partial charge in [-0.2, -0.15) is 15.0 Å². The van der Waals surface area contributed by atoms with Gasteiger partial charge in [0.15, 0.2) is 0 Å². The van der Waals surface area contributed by atoms with E-state index in [1.54, 1.807) is 23.3 Å². The highest BCUT2D eigenvalue weighted by Gasteiger charge is 2.13. The van der Waals surface area contributed by atoms with E-state index in [-0.39, 0.29) is 12.6 Å². The molecule has 0 unspecified atom stereocenters. The summed E-state index contributed by atoms with van der Waals surface area (Å²) in [5.74, 6) is 6.54. The highest BCUT2D eigenvalue weighted by molar-refractivity contribution is 5.39. The lowest BCUT2D eigenvalue weighted by Crippen LogP contribution is -2.30. The second-order valence-corrected chi connectivity index (χ2v) is 4.08. The van der Waals surface area contributed by atoms with Crippen LogP contribution in [0, 0.1) is 0 Å². The lowest BCUT2D eigenvalue weighted by atomic mass is 10.4. The number of hydrogen-bond donors (Lipinski definition) is 3. The Hall–Kier alpha value is -2.26. The van der Waals surface area contributed by atoms with Crippen LogP contribution in [0.4, 0.5) is 11.9 Å². The van der Waals surface area contributed by atoms with Crippen LogP contribution in [-0.4, -0.2) is 49.3 Å². The van der Waals surface area contributed by atoms with E-state index < -0.39 is 0 Å². The normalized spacial score (nSPS) is 10.6. The lowest BCUT2D eigenvalue weighted by molar-refractivity contribution is 0.301. The Morgan fingerprint density at radius 2 is 2.20 bits per heavy atom. The van der Waals surface area contributed by atoms with Crippen LogP contribution in [0.1, 0.15) is 13.3 Å². The highest BCUT2D eigenvalue weighted by Crippen LogP contribution is 2.13. The summed E-state index contributed by atoms with van der Waals surface area (Å²) in [6, 6.07) is 0. The van der Waals surface area contributed by atoms with Gasteiger partial charge in [-0.1, -0.05) is 6.92 Å². The SMILES string of the molecule is CCCN(CCO)c1nc(NN)nc(-n2ccnc2)n1. The second kappa shape index (κ2) is 6.78. The predicted octanol–water partition coefficient (Wildman–Crippen LogP) is -0.448. The number of nitrogens with one attached hydrogen (secondary N) is 1. The number of aliphatic hydroxyl groups excluding tert-OH is 1. The summed E-state index contributed by atoms with van der Waals surface area (Å²) in [6.07, 6.45) is 5.87. The minimum atomic E-state index is 0.0253. The summed E-state index contributed by atoms with van der Waals surface area (Å²) in [6.45, 7) is 3.26. The number of aromatic nitrogens is 5. The Balaban J connectivity index is 2.38. The van der Waals surface area contributed by atoms with Gasteiger partial charge in [-0.05, 0) is 6.42 Å². The first-order valence-corrected chi connectivity index (χ1v) is 6.35. The van der Waals surface area contributed by atoms with E-state index >= 15 is 0 Å². The average molecular weight is 278 g/mol. The molecule has 9 nitrogen and oxygen atoms in total. The first kappa shape index (κ1) is 14.2. The van der Waals surface area contributed by atoms with Gasteiger partial charge in [-0.3, -0.25) is 9.99 Å². The number of hydrazine groups is 1. The van der Waals surface area contributed by atoms with Gasteiger partial charge in [0.1, 0.15) is 6.33 Å². The fourth-order valence-electron chi connectivity index (χ4n) is 1.76. The number of hydrogen-bond acceptors (Lipinski definition) is 8. The van der Waals surface area contributed by atoms with E-state index in [9.17, 15) is 0 Å². The van der Waals surface area contributed by atoms with Crippen molar-refractivity contribution in [3.8, 4) is 5.95 Å². The van der Waals surface area contributed by atoms with Crippen LogP contribution in [-0.2, 0) is 0 Å². The third kappa shape index (κ3) is 3.19. The minimum Gasteiger partial charge on any atom is -0.395 e. The molecule has 108 valence electrons. The van der Waals surface area contributed by atoms with Crippen molar-refractivity contribution in [1.82, 2.24) is 24.5 Å². The molecule has 0 saturated carbocycles. The smallest absolute Gasteiger partial charge is 0.243 e. The fraction of sp³-hybridized carbons (Fsp3) is 0.455. The van der Waals surface area contributed by atoms with Gasteiger partial charge < -0.3 is 10.0 Å². The zero-order valence-corrected chi connectivity index (χ0v) is 11.3. The Morgan fingerprint density at radius 3 is 2.80 bits per heavy atom. The van der Waals surface area contributed by atoms with Crippen LogP contribution in [0.15, 0.2) is 18.7 Å². The van der Waals surface area contributed by atoms with Crippen molar-refractivity contribution >= 4 is 11.9 Å². The van der Waals surface area contributed by atoms with Crippen LogP contribution < -0.4 is 16.2 Å². The maximum atomic E-state index is 9.14. The van der Waals surface area contributed by atoms with Crippen molar-refractivity contribution in [3.63, 3.8) is 0 Å². The molecule has 0 fully saturated rings. The summed E-state index contributed by atoms with van der Waals surface area (Å²) >= 11 is 0. The molecule has 4 N–H and O–H groups in total. The number of nitrogen functional groups attached to an aromatic ring is 1. The van der Waals surface area contributed by atoms with Crippen molar-refractivity contribution in [3.05, 3.63) is 18.7 Å². The van der Waals surface area contributed by atoms with Gasteiger partial charge in [-0.25, -0.2) is 10.8 Å². The number of imidazole rings is 1. The number of anilines is 2. The molecule has 2 aromatic heterocycles. The van der Waals surface area contributed by atoms with Gasteiger partial charge in [0.2, 0.25) is 17.8 Å². The van der Waals surface area contributed by atoms with Crippen LogP contribution in [0.5, 0.6) is 0 Å². The molecule has 0 radical (unpaired) electrons. The van der Waals surface area contributed by atoms with Crippen LogP contribution in [0.3, 0.4) is 0 Å². The Bertz CT molecular complexity index is 523. The number of nitrogens with zero attached hydrogens (tertiary/aromatic N) is 6. The van der Waals surface area contributed by atoms with Crippen molar-refractivity contribution in [1.29, 1.82) is 0 Å². The average Bonchev–Trinajstić information content (AvgIpc) is 3.01. The zero-order valence-electron chi connectivity index (χ0n) is 11.3. The van der Waals surface area contributed by atoms with Crippen molar-refractivity contribution in [2.24, 2.45) is 5.84 Å². The third-order valence-corrected chi connectivity index (χ3v) is 2.62. The minimum absolute atomic E-state index is 0.0253. The summed E-state index contributed by atoms with van der Waals surface area (Å²) in [5.41, 5.74) is 2.42. The summed E-state index contributed by atoms with van der Waals surface area (Å²) in [5, 5.41) is 9.14. The molecule has 0 spiro atoms. The molecule has 0 atom stereocenters. The summed E-state index contributed by atoms with van der Waals surface area (Å²) < 4.78 is 1.66. The third-order valence-electron chi connectivity index (χ3n) is 2.62. The maximum Gasteiger partial charge on any atom is 0.243 e. The quantitative estimate of drug-likeness (QED) is 0.460. The predicted molar refractivity (Wildman–Crippen MR) is 74.3 cm³/mol. The molecule has 0 saturated heterocycles. The van der Waals surface area contributed by atoms with E-state index in [2.05, 4.69) is 25.4 Å². The molecule has 9 heteroatoms. The Labute approximate surface area is 116 Å². The molecular weight excluding hydrogens is 260 g/mol. The molecule has 2 heterocycles. The Kier molecular flexibility index (Phi) is 4.80. The zero-order chi connectivity index (χ0) is 14.4. The molecule has 0 amide bonds. The first-order chi connectivity index (χ1) is 9.78. The molecule has 0 aromatic carbocycles. The van der Waals surface area contributed by atoms with Gasteiger partial charge >= 0.3 is 0 Å². The van der Waals surface area contributed by atoms with E-state index in [1.807, 2.05) is 11.8 Å². The van der Waals surface area contributed by atoms with E-state index in [1.165, 1.54) is 0 Å². The molecule has 0 aliphatic rings. The first-order valence-electron chi connectivity index (χ1n) is 6.35. The Morgan fingerprint density at radius 1 is 1.35 bits per heavy atom. The summed E-state index contributed by atoms with van der Waals surface area (Å²) in [4.78, 5) is 18.6. The van der Waals surface area contributed by atoms with Crippen molar-refractivity contribution in [2.45, 2.75) is 13.3 Å². The number of rotatable bonds is 7. The van der Waals surface area contributed by atoms with Gasteiger partial charge in [0, 0.05) is 25.5 Å². The summed E-state index contributed by atoms with van der Waals surface area (Å²) in [7, 11) is 0. The van der Waals surface area contributed by atoms with E-state index in [4.69, 9.17) is 10.9 Å².